The van der Waals surface area contributed by atoms with Gasteiger partial charge in [0.1, 0.15) is 6.04 Å². The molecule has 1 aromatic heterocycles. The zero-order chi connectivity index (χ0) is 17.7. The molecule has 0 atom stereocenters. The van der Waals surface area contributed by atoms with Gasteiger partial charge in [-0.05, 0) is 31.5 Å². The van der Waals surface area contributed by atoms with Gasteiger partial charge in [0.15, 0.2) is 0 Å². The molecule has 2 aromatic rings. The predicted octanol–water partition coefficient (Wildman–Crippen LogP) is 1.35. The van der Waals surface area contributed by atoms with E-state index >= 15 is 0 Å². The molecule has 0 amide bonds. The summed E-state index contributed by atoms with van der Waals surface area (Å²) in [7, 11) is -3.52. The van der Waals surface area contributed by atoms with Gasteiger partial charge in [0, 0.05) is 49.3 Å². The fourth-order valence-corrected chi connectivity index (χ4v) is 5.25. The molecule has 6 nitrogen and oxygen atoms in total. The molecule has 8 heteroatoms. The highest BCUT2D eigenvalue weighted by Crippen LogP contribution is 2.25. The van der Waals surface area contributed by atoms with E-state index < -0.39 is 10.0 Å². The van der Waals surface area contributed by atoms with Crippen molar-refractivity contribution in [3.63, 3.8) is 0 Å². The van der Waals surface area contributed by atoms with Gasteiger partial charge in [-0.1, -0.05) is 12.1 Å². The first kappa shape index (κ1) is 18.5. The van der Waals surface area contributed by atoms with Gasteiger partial charge in [0.05, 0.1) is 4.90 Å². The molecule has 1 saturated heterocycles. The van der Waals surface area contributed by atoms with Crippen LogP contribution in [0.4, 0.5) is 0 Å². The van der Waals surface area contributed by atoms with Crippen molar-refractivity contribution < 1.29 is 13.2 Å². The van der Waals surface area contributed by atoms with Crippen LogP contribution in [-0.2, 0) is 10.0 Å². The zero-order valence-corrected chi connectivity index (χ0v) is 16.0. The minimum Gasteiger partial charge on any atom is -0.302 e. The van der Waals surface area contributed by atoms with Crippen molar-refractivity contribution in [2.45, 2.75) is 23.8 Å². The molecule has 3 rings (SSSR count). The molecular weight excluding hydrogens is 354 g/mol. The maximum atomic E-state index is 13.2. The normalized spacial score (nSPS) is 17.5. The molecule has 1 fully saturated rings. The number of benzene rings is 1. The summed E-state index contributed by atoms with van der Waals surface area (Å²) < 4.78 is 28.0. The Labute approximate surface area is 151 Å². The summed E-state index contributed by atoms with van der Waals surface area (Å²) in [5.74, 6) is 0. The Morgan fingerprint density at radius 2 is 2.04 bits per heavy atom. The lowest BCUT2D eigenvalue weighted by Gasteiger charge is -2.22. The first-order valence-electron chi connectivity index (χ1n) is 8.55. The Hall–Kier alpha value is -1.32. The second-order valence-corrected chi connectivity index (χ2v) is 8.94. The predicted molar refractivity (Wildman–Crippen MR) is 99.0 cm³/mol. The largest absolute Gasteiger partial charge is 0.669 e. The highest BCUT2D eigenvalue weighted by Gasteiger charge is 2.28. The van der Waals surface area contributed by atoms with Crippen molar-refractivity contribution in [1.29, 1.82) is 0 Å². The maximum absolute atomic E-state index is 13.2. The fourth-order valence-electron chi connectivity index (χ4n) is 3.25. The molecule has 2 heterocycles. The third-order valence-corrected chi connectivity index (χ3v) is 7.10. The van der Waals surface area contributed by atoms with Crippen LogP contribution < -0.4 is 0 Å². The van der Waals surface area contributed by atoms with Crippen LogP contribution in [0.15, 0.2) is 41.6 Å². The Morgan fingerprint density at radius 1 is 1.16 bits per heavy atom. The smallest absolute Gasteiger partial charge is 0.302 e. The van der Waals surface area contributed by atoms with Crippen LogP contribution in [0.25, 0.3) is 10.8 Å². The number of rotatable bonds is 6. The SMILES string of the molecule is O=S(=O)(c1cccc2cnccc12)N1CCCN(CCC[Si+]O)CC1. The second-order valence-electron chi connectivity index (χ2n) is 6.21. The van der Waals surface area contributed by atoms with Crippen LogP contribution in [0.2, 0.25) is 6.04 Å². The van der Waals surface area contributed by atoms with Crippen molar-refractivity contribution in [1.82, 2.24) is 14.2 Å². The van der Waals surface area contributed by atoms with Gasteiger partial charge in [0.25, 0.3) is 0 Å². The summed E-state index contributed by atoms with van der Waals surface area (Å²) in [5, 5.41) is 1.56. The van der Waals surface area contributed by atoms with Gasteiger partial charge in [-0.15, -0.1) is 0 Å². The van der Waals surface area contributed by atoms with Gasteiger partial charge in [-0.2, -0.15) is 4.31 Å². The lowest BCUT2D eigenvalue weighted by Crippen LogP contribution is -2.35. The van der Waals surface area contributed by atoms with Crippen molar-refractivity contribution >= 4 is 30.6 Å². The molecule has 1 N–H and O–H groups in total. The summed E-state index contributed by atoms with van der Waals surface area (Å²) in [6.45, 7) is 3.61. The van der Waals surface area contributed by atoms with E-state index in [0.717, 1.165) is 49.3 Å². The molecule has 0 unspecified atom stereocenters. The van der Waals surface area contributed by atoms with E-state index in [1.165, 1.54) is 0 Å². The minimum atomic E-state index is -3.52. The lowest BCUT2D eigenvalue weighted by molar-refractivity contribution is 0.286. The standard InChI is InChI=1S/C17H23N3O3SSi/c21-24(22,17-5-1-4-15-14-18-7-6-16(15)17)20-10-2-8-19(11-12-20)9-3-13-25-23/h1,4-7,14,23H,2-3,8-13H2/q+1. The van der Waals surface area contributed by atoms with Crippen LogP contribution in [0.3, 0.4) is 0 Å². The summed E-state index contributed by atoms with van der Waals surface area (Å²) in [6.07, 6.45) is 5.11. The number of fused-ring (bicyclic) bond motifs is 1. The third kappa shape index (κ3) is 4.27. The number of pyridine rings is 1. The lowest BCUT2D eigenvalue weighted by atomic mass is 10.2. The molecule has 1 aliphatic rings. The van der Waals surface area contributed by atoms with Gasteiger partial charge in [-0.25, -0.2) is 13.2 Å². The summed E-state index contributed by atoms with van der Waals surface area (Å²) in [5.41, 5.74) is 0. The molecule has 25 heavy (non-hydrogen) atoms. The van der Waals surface area contributed by atoms with E-state index in [2.05, 4.69) is 9.88 Å². The van der Waals surface area contributed by atoms with E-state index in [-0.39, 0.29) is 9.76 Å². The van der Waals surface area contributed by atoms with Crippen LogP contribution in [0.5, 0.6) is 0 Å². The first-order valence-corrected chi connectivity index (χ1v) is 11.1. The second kappa shape index (κ2) is 8.37. The highest BCUT2D eigenvalue weighted by molar-refractivity contribution is 7.89. The van der Waals surface area contributed by atoms with Crippen molar-refractivity contribution in [2.75, 3.05) is 32.7 Å². The molecule has 0 saturated carbocycles. The number of sulfonamides is 1. The van der Waals surface area contributed by atoms with Crippen molar-refractivity contribution in [3.05, 3.63) is 36.7 Å². The number of aromatic nitrogens is 1. The van der Waals surface area contributed by atoms with E-state index in [9.17, 15) is 8.42 Å². The Bertz CT molecular complexity index is 810. The summed E-state index contributed by atoms with van der Waals surface area (Å²) in [4.78, 5) is 15.7. The molecule has 1 aromatic carbocycles. The van der Waals surface area contributed by atoms with Gasteiger partial charge in [0.2, 0.25) is 10.0 Å². The first-order chi connectivity index (χ1) is 12.1. The Balaban J connectivity index is 1.78. The van der Waals surface area contributed by atoms with Gasteiger partial charge < -0.3 is 4.90 Å². The van der Waals surface area contributed by atoms with Crippen LogP contribution in [0, 0.1) is 0 Å². The Kier molecular flexibility index (Phi) is 6.18. The van der Waals surface area contributed by atoms with E-state index in [1.54, 1.807) is 34.9 Å². The van der Waals surface area contributed by atoms with E-state index in [4.69, 9.17) is 4.80 Å². The van der Waals surface area contributed by atoms with Crippen LogP contribution in [0.1, 0.15) is 12.8 Å². The molecule has 0 aliphatic carbocycles. The average molecular weight is 378 g/mol. The van der Waals surface area contributed by atoms with E-state index in [0.29, 0.717) is 18.0 Å². The van der Waals surface area contributed by atoms with E-state index in [1.807, 2.05) is 6.07 Å². The minimum absolute atomic E-state index is 0.00339. The van der Waals surface area contributed by atoms with Gasteiger partial charge in [-0.3, -0.25) is 4.98 Å². The zero-order valence-electron chi connectivity index (χ0n) is 14.1. The van der Waals surface area contributed by atoms with Crippen LogP contribution >= 0.6 is 0 Å². The monoisotopic (exact) mass is 377 g/mol. The third-order valence-electron chi connectivity index (χ3n) is 4.57. The number of hydrogen-bond donors (Lipinski definition) is 1. The molecule has 1 radical (unpaired) electrons. The quantitative estimate of drug-likeness (QED) is 0.608. The molecule has 0 spiro atoms. The average Bonchev–Trinajstić information content (AvgIpc) is 2.88. The van der Waals surface area contributed by atoms with Crippen molar-refractivity contribution in [3.8, 4) is 0 Å². The van der Waals surface area contributed by atoms with Crippen molar-refractivity contribution in [2.24, 2.45) is 0 Å². The summed E-state index contributed by atoms with van der Waals surface area (Å²) in [6, 6.07) is 7.93. The number of hydrogen-bond acceptors (Lipinski definition) is 5. The molecule has 133 valence electrons. The van der Waals surface area contributed by atoms with Gasteiger partial charge >= 0.3 is 9.76 Å². The topological polar surface area (TPSA) is 73.7 Å². The van der Waals surface area contributed by atoms with Crippen LogP contribution in [-0.4, -0.2) is 69.9 Å². The Morgan fingerprint density at radius 3 is 2.88 bits per heavy atom. The molecule has 1 aliphatic heterocycles. The number of nitrogens with zero attached hydrogens (tertiary/aromatic N) is 3. The molecular formula is C17H23N3O3SSi+. The molecule has 0 bridgehead atoms. The summed E-state index contributed by atoms with van der Waals surface area (Å²) >= 11 is 0. The maximum Gasteiger partial charge on any atom is 0.669 e. The fraction of sp³-hybridized carbons (Fsp3) is 0.471. The highest BCUT2D eigenvalue weighted by atomic mass is 32.2.